The predicted molar refractivity (Wildman–Crippen MR) is 107 cm³/mol. The third-order valence-electron chi connectivity index (χ3n) is 3.86. The zero-order chi connectivity index (χ0) is 18.9. The van der Waals surface area contributed by atoms with Gasteiger partial charge in [0.1, 0.15) is 0 Å². The van der Waals surface area contributed by atoms with Gasteiger partial charge in [-0.15, -0.1) is 0 Å². The van der Waals surface area contributed by atoms with Crippen molar-refractivity contribution in [3.63, 3.8) is 0 Å². The highest BCUT2D eigenvalue weighted by Gasteiger charge is 2.08. The third-order valence-corrected chi connectivity index (χ3v) is 4.10. The number of benzene rings is 2. The van der Waals surface area contributed by atoms with Gasteiger partial charge in [-0.05, 0) is 49.2 Å². The van der Waals surface area contributed by atoms with Crippen LogP contribution in [0.25, 0.3) is 0 Å². The van der Waals surface area contributed by atoms with Gasteiger partial charge >= 0.3 is 0 Å². The number of unbranched alkanes of at least 4 members (excludes halogenated alkanes) is 1. The van der Waals surface area contributed by atoms with E-state index in [1.165, 1.54) is 0 Å². The third kappa shape index (κ3) is 6.08. The van der Waals surface area contributed by atoms with E-state index in [0.29, 0.717) is 22.8 Å². The Morgan fingerprint density at radius 3 is 2.69 bits per heavy atom. The Labute approximate surface area is 159 Å². The highest BCUT2D eigenvalue weighted by Crippen LogP contribution is 2.20. The summed E-state index contributed by atoms with van der Waals surface area (Å²) in [5, 5.41) is 9.34. The Morgan fingerprint density at radius 1 is 1.12 bits per heavy atom. The minimum absolute atomic E-state index is 0.105. The molecule has 6 heteroatoms. The Hall–Kier alpha value is -2.53. The molecule has 138 valence electrons. The van der Waals surface area contributed by atoms with Crippen LogP contribution in [0.2, 0.25) is 5.02 Å². The molecule has 0 spiro atoms. The van der Waals surface area contributed by atoms with E-state index in [-0.39, 0.29) is 18.4 Å². The van der Waals surface area contributed by atoms with E-state index in [9.17, 15) is 9.59 Å². The van der Waals surface area contributed by atoms with Crippen LogP contribution in [-0.4, -0.2) is 24.9 Å². The second-order valence-electron chi connectivity index (χ2n) is 6.05. The Bertz CT molecular complexity index is 777. The van der Waals surface area contributed by atoms with Crippen LogP contribution in [0.15, 0.2) is 42.5 Å². The van der Waals surface area contributed by atoms with E-state index in [1.54, 1.807) is 36.4 Å². The van der Waals surface area contributed by atoms with Crippen molar-refractivity contribution in [3.05, 3.63) is 58.6 Å². The Morgan fingerprint density at radius 2 is 1.92 bits per heavy atom. The molecule has 0 aromatic heterocycles. The fourth-order valence-corrected chi connectivity index (χ4v) is 2.56. The molecule has 0 aliphatic rings. The largest absolute Gasteiger partial charge is 0.376 e. The van der Waals surface area contributed by atoms with E-state index in [4.69, 9.17) is 11.6 Å². The van der Waals surface area contributed by atoms with Crippen LogP contribution in [0.3, 0.4) is 0 Å². The first-order valence-corrected chi connectivity index (χ1v) is 9.05. The number of rotatable bonds is 8. The minimum atomic E-state index is -0.201. The van der Waals surface area contributed by atoms with Crippen LogP contribution in [-0.2, 0) is 4.79 Å². The first-order valence-electron chi connectivity index (χ1n) is 8.67. The molecule has 0 atom stereocenters. The van der Waals surface area contributed by atoms with Gasteiger partial charge in [0.25, 0.3) is 5.91 Å². The molecule has 0 saturated heterocycles. The Kier molecular flexibility index (Phi) is 7.48. The van der Waals surface area contributed by atoms with Crippen molar-refractivity contribution in [1.82, 2.24) is 5.32 Å². The van der Waals surface area contributed by atoms with Gasteiger partial charge in [-0.25, -0.2) is 0 Å². The zero-order valence-corrected chi connectivity index (χ0v) is 15.8. The van der Waals surface area contributed by atoms with Gasteiger partial charge in [0.15, 0.2) is 0 Å². The number of hydrogen-bond donors (Lipinski definition) is 3. The fourth-order valence-electron chi connectivity index (χ4n) is 2.38. The van der Waals surface area contributed by atoms with Gasteiger partial charge in [-0.2, -0.15) is 0 Å². The topological polar surface area (TPSA) is 70.2 Å². The number of hydrogen-bond acceptors (Lipinski definition) is 3. The molecule has 0 aliphatic carbocycles. The fraction of sp³-hybridized carbons (Fsp3) is 0.300. The summed E-state index contributed by atoms with van der Waals surface area (Å²) in [6, 6.07) is 12.4. The molecule has 2 rings (SSSR count). The van der Waals surface area contributed by atoms with Crippen LogP contribution in [0, 0.1) is 6.92 Å². The quantitative estimate of drug-likeness (QED) is 0.606. The lowest BCUT2D eigenvalue weighted by Crippen LogP contribution is -2.25. The number of nitrogens with one attached hydrogen (secondary N) is 3. The first-order chi connectivity index (χ1) is 12.5. The highest BCUT2D eigenvalue weighted by molar-refractivity contribution is 6.30. The van der Waals surface area contributed by atoms with Crippen molar-refractivity contribution in [2.45, 2.75) is 26.7 Å². The summed E-state index contributed by atoms with van der Waals surface area (Å²) < 4.78 is 0. The van der Waals surface area contributed by atoms with Gasteiger partial charge in [-0.3, -0.25) is 9.59 Å². The highest BCUT2D eigenvalue weighted by atomic mass is 35.5. The zero-order valence-electron chi connectivity index (χ0n) is 15.1. The molecule has 26 heavy (non-hydrogen) atoms. The molecule has 0 heterocycles. The maximum atomic E-state index is 12.2. The van der Waals surface area contributed by atoms with Crippen LogP contribution >= 0.6 is 11.6 Å². The smallest absolute Gasteiger partial charge is 0.251 e. The van der Waals surface area contributed by atoms with Crippen LogP contribution in [0.5, 0.6) is 0 Å². The van der Waals surface area contributed by atoms with E-state index < -0.39 is 0 Å². The Balaban J connectivity index is 1.91. The van der Waals surface area contributed by atoms with Crippen molar-refractivity contribution < 1.29 is 9.59 Å². The summed E-state index contributed by atoms with van der Waals surface area (Å²) in [5.41, 5.74) is 2.94. The van der Waals surface area contributed by atoms with Crippen molar-refractivity contribution in [3.8, 4) is 0 Å². The molecule has 3 N–H and O–H groups in total. The van der Waals surface area contributed by atoms with Crippen LogP contribution < -0.4 is 16.0 Å². The second kappa shape index (κ2) is 9.82. The number of amides is 2. The maximum Gasteiger partial charge on any atom is 0.251 e. The molecule has 0 radical (unpaired) electrons. The second-order valence-corrected chi connectivity index (χ2v) is 6.49. The van der Waals surface area contributed by atoms with Crippen molar-refractivity contribution in [1.29, 1.82) is 0 Å². The van der Waals surface area contributed by atoms with Crippen molar-refractivity contribution >= 4 is 34.8 Å². The minimum Gasteiger partial charge on any atom is -0.376 e. The summed E-state index contributed by atoms with van der Waals surface area (Å²) >= 11 is 5.98. The van der Waals surface area contributed by atoms with Gasteiger partial charge < -0.3 is 16.0 Å². The van der Waals surface area contributed by atoms with Crippen LogP contribution in [0.1, 0.15) is 35.7 Å². The normalized spacial score (nSPS) is 10.3. The molecule has 5 nitrogen and oxygen atoms in total. The molecule has 2 aromatic rings. The van der Waals surface area contributed by atoms with Crippen molar-refractivity contribution in [2.24, 2.45) is 0 Å². The van der Waals surface area contributed by atoms with Gasteiger partial charge in [0, 0.05) is 28.5 Å². The first kappa shape index (κ1) is 19.8. The standard InChI is InChI=1S/C20H24ClN3O2/c1-3-4-10-22-20(26)15-6-5-7-17(11-15)24-19(25)13-23-18-12-16(21)9-8-14(18)2/h5-9,11-12,23H,3-4,10,13H2,1-2H3,(H,22,26)(H,24,25). The summed E-state index contributed by atoms with van der Waals surface area (Å²) in [6.45, 7) is 4.77. The number of halogens is 1. The summed E-state index contributed by atoms with van der Waals surface area (Å²) in [4.78, 5) is 24.3. The molecule has 0 bridgehead atoms. The summed E-state index contributed by atoms with van der Waals surface area (Å²) in [5.74, 6) is -0.338. The van der Waals surface area contributed by atoms with E-state index in [2.05, 4.69) is 22.9 Å². The lowest BCUT2D eigenvalue weighted by atomic mass is 10.2. The number of carbonyl (C=O) groups is 2. The van der Waals surface area contributed by atoms with Crippen LogP contribution in [0.4, 0.5) is 11.4 Å². The molecular weight excluding hydrogens is 350 g/mol. The molecule has 0 unspecified atom stereocenters. The average Bonchev–Trinajstić information content (AvgIpc) is 2.63. The molecule has 0 aliphatic heterocycles. The number of anilines is 2. The number of aryl methyl sites for hydroxylation is 1. The predicted octanol–water partition coefficient (Wildman–Crippen LogP) is 4.23. The molecule has 0 fully saturated rings. The summed E-state index contributed by atoms with van der Waals surface area (Å²) in [7, 11) is 0. The van der Waals surface area contributed by atoms with Gasteiger partial charge in [0.2, 0.25) is 5.91 Å². The lowest BCUT2D eigenvalue weighted by molar-refractivity contribution is -0.114. The molecular formula is C20H24ClN3O2. The van der Waals surface area contributed by atoms with Gasteiger partial charge in [0.05, 0.1) is 6.54 Å². The lowest BCUT2D eigenvalue weighted by Gasteiger charge is -2.11. The van der Waals surface area contributed by atoms with E-state index in [0.717, 1.165) is 24.1 Å². The maximum absolute atomic E-state index is 12.2. The van der Waals surface area contributed by atoms with Gasteiger partial charge in [-0.1, -0.05) is 37.1 Å². The van der Waals surface area contributed by atoms with Crippen molar-refractivity contribution in [2.75, 3.05) is 23.7 Å². The molecule has 0 saturated carbocycles. The van der Waals surface area contributed by atoms with E-state index in [1.807, 2.05) is 13.0 Å². The molecule has 2 amide bonds. The molecule has 2 aromatic carbocycles. The summed E-state index contributed by atoms with van der Waals surface area (Å²) in [6.07, 6.45) is 1.96. The van der Waals surface area contributed by atoms with E-state index >= 15 is 0 Å². The monoisotopic (exact) mass is 373 g/mol. The average molecular weight is 374 g/mol. The SMILES string of the molecule is CCCCNC(=O)c1cccc(NC(=O)CNc2cc(Cl)ccc2C)c1. The number of carbonyl (C=O) groups excluding carboxylic acids is 2.